The van der Waals surface area contributed by atoms with Gasteiger partial charge in [0.2, 0.25) is 5.75 Å². The number of rotatable bonds is 10. The van der Waals surface area contributed by atoms with Crippen molar-refractivity contribution >= 4 is 28.6 Å². The Hall–Kier alpha value is -3.20. The second-order valence-electron chi connectivity index (χ2n) is 7.56. The van der Waals surface area contributed by atoms with Crippen molar-refractivity contribution in [2.45, 2.75) is 44.0 Å². The van der Waals surface area contributed by atoms with Crippen LogP contribution in [0, 0.1) is 6.92 Å². The maximum Gasteiger partial charge on any atom is 0.319 e. The topological polar surface area (TPSA) is 88.9 Å². The standard InChI is InChI=1S/C25H30N2O6S/c1-7-9-19(24(29)33-8-2)34-25-26-20-17(14-18(30-4)21(31-5)22(20)32-6)23(28)27(25)16-12-10-15(3)11-13-16/h10-14,19H,7-9H2,1-6H3/t19-/m1/s1. The van der Waals surface area contributed by atoms with Gasteiger partial charge in [0.1, 0.15) is 10.8 Å². The number of aromatic nitrogens is 2. The average molecular weight is 487 g/mol. The molecule has 2 aromatic carbocycles. The fourth-order valence-electron chi connectivity index (χ4n) is 3.62. The minimum Gasteiger partial charge on any atom is -0.493 e. The molecule has 0 saturated carbocycles. The zero-order chi connectivity index (χ0) is 24.8. The summed E-state index contributed by atoms with van der Waals surface area (Å²) in [6.07, 6.45) is 1.35. The number of esters is 1. The summed E-state index contributed by atoms with van der Waals surface area (Å²) in [5.74, 6) is 0.648. The second-order valence-corrected chi connectivity index (χ2v) is 8.73. The SMILES string of the molecule is CCC[C@@H](Sc1nc2c(OC)c(OC)c(OC)cc2c(=O)n1-c1ccc(C)cc1)C(=O)OCC. The van der Waals surface area contributed by atoms with Gasteiger partial charge in [0.05, 0.1) is 39.0 Å². The lowest BCUT2D eigenvalue weighted by atomic mass is 10.2. The third kappa shape index (κ3) is 4.99. The molecule has 0 N–H and O–H groups in total. The van der Waals surface area contributed by atoms with E-state index >= 15 is 0 Å². The predicted molar refractivity (Wildman–Crippen MR) is 133 cm³/mol. The van der Waals surface area contributed by atoms with Crippen molar-refractivity contribution in [3.63, 3.8) is 0 Å². The number of methoxy groups -OCH3 is 3. The van der Waals surface area contributed by atoms with Crippen LogP contribution in [0.15, 0.2) is 40.3 Å². The van der Waals surface area contributed by atoms with Gasteiger partial charge in [-0.05, 0) is 38.5 Å². The van der Waals surface area contributed by atoms with Crippen molar-refractivity contribution in [1.29, 1.82) is 0 Å². The van der Waals surface area contributed by atoms with Crippen LogP contribution in [0.1, 0.15) is 32.3 Å². The van der Waals surface area contributed by atoms with E-state index in [4.69, 9.17) is 23.9 Å². The molecule has 34 heavy (non-hydrogen) atoms. The second kappa shape index (κ2) is 11.3. The van der Waals surface area contributed by atoms with Crippen LogP contribution in [0.4, 0.5) is 0 Å². The largest absolute Gasteiger partial charge is 0.493 e. The van der Waals surface area contributed by atoms with Crippen LogP contribution in [-0.2, 0) is 9.53 Å². The molecule has 1 aromatic heterocycles. The van der Waals surface area contributed by atoms with Gasteiger partial charge in [-0.1, -0.05) is 42.8 Å². The lowest BCUT2D eigenvalue weighted by Gasteiger charge is -2.20. The van der Waals surface area contributed by atoms with Crippen LogP contribution in [0.2, 0.25) is 0 Å². The van der Waals surface area contributed by atoms with Crippen LogP contribution in [-0.4, -0.2) is 48.7 Å². The van der Waals surface area contributed by atoms with Gasteiger partial charge >= 0.3 is 5.97 Å². The molecule has 0 aliphatic rings. The summed E-state index contributed by atoms with van der Waals surface area (Å²) >= 11 is 1.21. The number of fused-ring (bicyclic) bond motifs is 1. The lowest BCUT2D eigenvalue weighted by molar-refractivity contribution is -0.142. The highest BCUT2D eigenvalue weighted by Gasteiger charge is 2.27. The van der Waals surface area contributed by atoms with Gasteiger partial charge in [0, 0.05) is 0 Å². The molecule has 0 aliphatic heterocycles. The highest BCUT2D eigenvalue weighted by Crippen LogP contribution is 2.42. The predicted octanol–water partition coefficient (Wildman–Crippen LogP) is 4.54. The fourth-order valence-corrected chi connectivity index (χ4v) is 4.83. The molecule has 0 saturated heterocycles. The third-order valence-electron chi connectivity index (χ3n) is 5.28. The quantitative estimate of drug-likeness (QED) is 0.234. The zero-order valence-corrected chi connectivity index (χ0v) is 21.2. The molecule has 0 fully saturated rings. The number of carbonyl (C=O) groups is 1. The van der Waals surface area contributed by atoms with Gasteiger partial charge in [-0.15, -0.1) is 0 Å². The summed E-state index contributed by atoms with van der Waals surface area (Å²) in [7, 11) is 4.47. The molecule has 8 nitrogen and oxygen atoms in total. The monoisotopic (exact) mass is 486 g/mol. The summed E-state index contributed by atoms with van der Waals surface area (Å²) in [5.41, 5.74) is 1.72. The summed E-state index contributed by atoms with van der Waals surface area (Å²) in [5, 5.41) is 0.151. The fraction of sp³-hybridized carbons (Fsp3) is 0.400. The Labute approximate surface area is 203 Å². The van der Waals surface area contributed by atoms with E-state index in [1.54, 1.807) is 13.0 Å². The molecule has 0 aliphatic carbocycles. The minimum atomic E-state index is -0.517. The molecule has 182 valence electrons. The highest BCUT2D eigenvalue weighted by atomic mass is 32.2. The maximum absolute atomic E-state index is 13.8. The molecule has 0 spiro atoms. The molecule has 0 radical (unpaired) electrons. The van der Waals surface area contributed by atoms with E-state index in [0.29, 0.717) is 39.7 Å². The first-order valence-corrected chi connectivity index (χ1v) is 11.9. The summed E-state index contributed by atoms with van der Waals surface area (Å²) in [6.45, 7) is 6.02. The van der Waals surface area contributed by atoms with Crippen molar-refractivity contribution in [2.24, 2.45) is 0 Å². The Balaban J connectivity index is 2.35. The van der Waals surface area contributed by atoms with Gasteiger partial charge in [-0.25, -0.2) is 4.98 Å². The van der Waals surface area contributed by atoms with Crippen molar-refractivity contribution in [2.75, 3.05) is 27.9 Å². The molecule has 0 amide bonds. The molecular weight excluding hydrogens is 456 g/mol. The molecule has 3 aromatic rings. The first-order valence-electron chi connectivity index (χ1n) is 11.1. The smallest absolute Gasteiger partial charge is 0.319 e. The highest BCUT2D eigenvalue weighted by molar-refractivity contribution is 8.00. The Kier molecular flexibility index (Phi) is 8.44. The molecule has 0 unspecified atom stereocenters. The van der Waals surface area contributed by atoms with Crippen molar-refractivity contribution < 1.29 is 23.7 Å². The average Bonchev–Trinajstić information content (AvgIpc) is 2.83. The number of aryl methyl sites for hydroxylation is 1. The van der Waals surface area contributed by atoms with E-state index in [1.165, 1.54) is 37.7 Å². The van der Waals surface area contributed by atoms with Crippen LogP contribution in [0.25, 0.3) is 16.6 Å². The number of benzene rings is 2. The number of carbonyl (C=O) groups excluding carboxylic acids is 1. The molecule has 9 heteroatoms. The molecule has 3 rings (SSSR count). The normalized spacial score (nSPS) is 11.8. The van der Waals surface area contributed by atoms with Crippen LogP contribution in [0.3, 0.4) is 0 Å². The first kappa shape index (κ1) is 25.4. The maximum atomic E-state index is 13.8. The number of hydrogen-bond acceptors (Lipinski definition) is 8. The van der Waals surface area contributed by atoms with Gasteiger partial charge < -0.3 is 18.9 Å². The van der Waals surface area contributed by atoms with Crippen LogP contribution >= 0.6 is 11.8 Å². The third-order valence-corrected chi connectivity index (χ3v) is 6.47. The number of thioether (sulfide) groups is 1. The van der Waals surface area contributed by atoms with E-state index < -0.39 is 5.25 Å². The van der Waals surface area contributed by atoms with Gasteiger partial charge in [0.15, 0.2) is 16.7 Å². The first-order chi connectivity index (χ1) is 16.4. The van der Waals surface area contributed by atoms with Crippen LogP contribution < -0.4 is 19.8 Å². The van der Waals surface area contributed by atoms with Crippen molar-refractivity contribution in [3.05, 3.63) is 46.2 Å². The van der Waals surface area contributed by atoms with E-state index in [-0.39, 0.29) is 23.9 Å². The van der Waals surface area contributed by atoms with Gasteiger partial charge in [0.25, 0.3) is 5.56 Å². The summed E-state index contributed by atoms with van der Waals surface area (Å²) in [4.78, 5) is 31.3. The summed E-state index contributed by atoms with van der Waals surface area (Å²) in [6, 6.07) is 9.14. The number of ether oxygens (including phenoxy) is 4. The molecular formula is C25H30N2O6S. The van der Waals surface area contributed by atoms with Crippen molar-refractivity contribution in [3.8, 4) is 22.9 Å². The Morgan fingerprint density at radius 2 is 1.74 bits per heavy atom. The number of nitrogens with zero attached hydrogens (tertiary/aromatic N) is 2. The van der Waals surface area contributed by atoms with Crippen LogP contribution in [0.5, 0.6) is 17.2 Å². The van der Waals surface area contributed by atoms with E-state index in [9.17, 15) is 9.59 Å². The summed E-state index contributed by atoms with van der Waals surface area (Å²) < 4.78 is 23.3. The minimum absolute atomic E-state index is 0.278. The lowest BCUT2D eigenvalue weighted by Crippen LogP contribution is -2.26. The number of hydrogen-bond donors (Lipinski definition) is 0. The zero-order valence-electron chi connectivity index (χ0n) is 20.3. The Morgan fingerprint density at radius 1 is 1.06 bits per heavy atom. The Bertz CT molecular complexity index is 1220. The van der Waals surface area contributed by atoms with E-state index in [2.05, 4.69) is 0 Å². The van der Waals surface area contributed by atoms with E-state index in [1.807, 2.05) is 38.1 Å². The Morgan fingerprint density at radius 3 is 2.29 bits per heavy atom. The molecule has 1 atom stereocenters. The van der Waals surface area contributed by atoms with Gasteiger partial charge in [-0.3, -0.25) is 14.2 Å². The van der Waals surface area contributed by atoms with E-state index in [0.717, 1.165) is 12.0 Å². The van der Waals surface area contributed by atoms with Gasteiger partial charge in [-0.2, -0.15) is 0 Å². The molecule has 1 heterocycles. The van der Waals surface area contributed by atoms with Crippen molar-refractivity contribution in [1.82, 2.24) is 9.55 Å². The molecule has 0 bridgehead atoms.